The van der Waals surface area contributed by atoms with Crippen LogP contribution in [0.1, 0.15) is 12.8 Å². The molecule has 0 aliphatic carbocycles. The van der Waals surface area contributed by atoms with Gasteiger partial charge in [0.25, 0.3) is 0 Å². The molecule has 0 amide bonds. The van der Waals surface area contributed by atoms with Crippen LogP contribution in [-0.2, 0) is 9.53 Å². The third kappa shape index (κ3) is 1.79. The second-order valence-corrected chi connectivity index (χ2v) is 2.57. The van der Waals surface area contributed by atoms with Gasteiger partial charge in [-0.15, -0.1) is 6.42 Å². The molecule has 2 atom stereocenters. The molecule has 1 aliphatic heterocycles. The summed E-state index contributed by atoms with van der Waals surface area (Å²) >= 11 is 0. The second kappa shape index (κ2) is 3.51. The lowest BCUT2D eigenvalue weighted by Crippen LogP contribution is -2.24. The Bertz CT molecular complexity index is 195. The maximum absolute atomic E-state index is 10.9. The Morgan fingerprint density at radius 2 is 2.45 bits per heavy atom. The highest BCUT2D eigenvalue weighted by Gasteiger charge is 2.28. The molecule has 0 aromatic carbocycles. The molecule has 0 aromatic rings. The van der Waals surface area contributed by atoms with E-state index in [4.69, 9.17) is 16.9 Å². The van der Waals surface area contributed by atoms with Crippen molar-refractivity contribution in [2.24, 2.45) is 5.73 Å². The van der Waals surface area contributed by atoms with E-state index in [1.165, 1.54) is 0 Å². The quantitative estimate of drug-likeness (QED) is 0.437. The third-order valence-electron chi connectivity index (χ3n) is 1.81. The Labute approximate surface area is 65.9 Å². The van der Waals surface area contributed by atoms with Crippen LogP contribution in [0.5, 0.6) is 0 Å². The van der Waals surface area contributed by atoms with Crippen LogP contribution in [0, 0.1) is 12.3 Å². The van der Waals surface area contributed by atoms with Gasteiger partial charge < -0.3 is 10.5 Å². The summed E-state index contributed by atoms with van der Waals surface area (Å²) in [5.41, 5.74) is 5.35. The zero-order valence-corrected chi connectivity index (χ0v) is 6.25. The first kappa shape index (κ1) is 8.25. The highest BCUT2D eigenvalue weighted by molar-refractivity contribution is 5.98. The van der Waals surface area contributed by atoms with Gasteiger partial charge in [0.05, 0.1) is 6.10 Å². The molecular formula is C8H11NO2. The van der Waals surface area contributed by atoms with Gasteiger partial charge >= 0.3 is 0 Å². The van der Waals surface area contributed by atoms with E-state index in [9.17, 15) is 4.79 Å². The molecule has 2 N–H and O–H groups in total. The van der Waals surface area contributed by atoms with Crippen LogP contribution in [-0.4, -0.2) is 24.5 Å². The largest absolute Gasteiger partial charge is 0.365 e. The van der Waals surface area contributed by atoms with Crippen molar-refractivity contribution < 1.29 is 9.53 Å². The maximum atomic E-state index is 10.9. The molecule has 11 heavy (non-hydrogen) atoms. The van der Waals surface area contributed by atoms with E-state index >= 15 is 0 Å². The molecule has 1 saturated heterocycles. The van der Waals surface area contributed by atoms with Crippen molar-refractivity contribution in [1.82, 2.24) is 0 Å². The predicted octanol–water partition coefficient (Wildman–Crippen LogP) is -0.305. The molecule has 0 saturated carbocycles. The van der Waals surface area contributed by atoms with Gasteiger partial charge in [-0.3, -0.25) is 4.79 Å². The fraction of sp³-hybridized carbons (Fsp3) is 0.625. The fourth-order valence-corrected chi connectivity index (χ4v) is 1.16. The van der Waals surface area contributed by atoms with Crippen molar-refractivity contribution in [2.75, 3.05) is 6.54 Å². The lowest BCUT2D eigenvalue weighted by atomic mass is 10.1. The first-order valence-corrected chi connectivity index (χ1v) is 3.64. The second-order valence-electron chi connectivity index (χ2n) is 2.57. The Morgan fingerprint density at radius 1 is 1.73 bits per heavy atom. The molecule has 1 rings (SSSR count). The first-order chi connectivity index (χ1) is 5.27. The molecule has 3 nitrogen and oxygen atoms in total. The monoisotopic (exact) mass is 153 g/mol. The number of nitrogens with two attached hydrogens (primary N) is 1. The molecule has 0 radical (unpaired) electrons. The molecular weight excluding hydrogens is 142 g/mol. The summed E-state index contributed by atoms with van der Waals surface area (Å²) < 4.78 is 5.25. The van der Waals surface area contributed by atoms with E-state index in [1.54, 1.807) is 0 Å². The van der Waals surface area contributed by atoms with Crippen LogP contribution in [0.3, 0.4) is 0 Å². The number of ether oxygens (including phenoxy) is 1. The standard InChI is InChI=1S/C8H11NO2/c1-2-7(10)8-4-3-6(5-9)11-8/h1,6,8H,3-5,9H2. The molecule has 1 aliphatic rings. The van der Waals surface area contributed by atoms with E-state index < -0.39 is 6.10 Å². The van der Waals surface area contributed by atoms with Gasteiger partial charge in [0.15, 0.2) is 0 Å². The van der Waals surface area contributed by atoms with Gasteiger partial charge in [-0.25, -0.2) is 0 Å². The number of carbonyl (C=O) groups is 1. The lowest BCUT2D eigenvalue weighted by molar-refractivity contribution is -0.123. The summed E-state index contributed by atoms with van der Waals surface area (Å²) in [6, 6.07) is 0. The zero-order valence-electron chi connectivity index (χ0n) is 6.25. The van der Waals surface area contributed by atoms with Gasteiger partial charge in [0, 0.05) is 6.54 Å². The summed E-state index contributed by atoms with van der Waals surface area (Å²) in [5.74, 6) is 1.78. The maximum Gasteiger partial charge on any atom is 0.233 e. The van der Waals surface area contributed by atoms with E-state index in [-0.39, 0.29) is 11.9 Å². The minimum Gasteiger partial charge on any atom is -0.365 e. The van der Waals surface area contributed by atoms with Crippen molar-refractivity contribution in [1.29, 1.82) is 0 Å². The summed E-state index contributed by atoms with van der Waals surface area (Å²) in [6.45, 7) is 0.467. The number of rotatable bonds is 2. The Morgan fingerprint density at radius 3 is 2.91 bits per heavy atom. The van der Waals surface area contributed by atoms with Crippen LogP contribution in [0.2, 0.25) is 0 Å². The number of hydrogen-bond donors (Lipinski definition) is 1. The topological polar surface area (TPSA) is 52.3 Å². The molecule has 0 spiro atoms. The molecule has 0 aromatic heterocycles. The van der Waals surface area contributed by atoms with Crippen LogP contribution in [0.15, 0.2) is 0 Å². The number of terminal acetylenes is 1. The van der Waals surface area contributed by atoms with Gasteiger partial charge in [0.1, 0.15) is 6.10 Å². The number of ketones is 1. The minimum absolute atomic E-state index is 0.0253. The van der Waals surface area contributed by atoms with Crippen molar-refractivity contribution in [2.45, 2.75) is 25.0 Å². The SMILES string of the molecule is C#CC(=O)C1CCC(CN)O1. The number of carbonyl (C=O) groups excluding carboxylic acids is 1. The van der Waals surface area contributed by atoms with Gasteiger partial charge in [-0.05, 0) is 18.8 Å². The molecule has 60 valence electrons. The summed E-state index contributed by atoms with van der Waals surface area (Å²) in [7, 11) is 0. The Kier molecular flexibility index (Phi) is 2.64. The zero-order chi connectivity index (χ0) is 8.27. The van der Waals surface area contributed by atoms with Gasteiger partial charge in [0.2, 0.25) is 5.78 Å². The van der Waals surface area contributed by atoms with Crippen molar-refractivity contribution >= 4 is 5.78 Å². The summed E-state index contributed by atoms with van der Waals surface area (Å²) in [4.78, 5) is 10.9. The summed E-state index contributed by atoms with van der Waals surface area (Å²) in [6.07, 6.45) is 6.11. The van der Waals surface area contributed by atoms with Crippen molar-refractivity contribution in [3.63, 3.8) is 0 Å². The van der Waals surface area contributed by atoms with Gasteiger partial charge in [-0.2, -0.15) is 0 Å². The smallest absolute Gasteiger partial charge is 0.233 e. The number of Topliss-reactive ketones (excluding diaryl/α,β-unsaturated/α-hetero) is 1. The van der Waals surface area contributed by atoms with E-state index in [2.05, 4.69) is 0 Å². The molecule has 2 unspecified atom stereocenters. The van der Waals surface area contributed by atoms with Crippen LogP contribution in [0.25, 0.3) is 0 Å². The van der Waals surface area contributed by atoms with Crippen LogP contribution in [0.4, 0.5) is 0 Å². The first-order valence-electron chi connectivity index (χ1n) is 3.64. The van der Waals surface area contributed by atoms with Crippen LogP contribution >= 0.6 is 0 Å². The van der Waals surface area contributed by atoms with Gasteiger partial charge in [-0.1, -0.05) is 0 Å². The van der Waals surface area contributed by atoms with E-state index in [1.807, 2.05) is 5.92 Å². The van der Waals surface area contributed by atoms with E-state index in [0.717, 1.165) is 6.42 Å². The molecule has 1 fully saturated rings. The minimum atomic E-state index is -0.395. The lowest BCUT2D eigenvalue weighted by Gasteiger charge is -2.07. The highest BCUT2D eigenvalue weighted by Crippen LogP contribution is 2.18. The van der Waals surface area contributed by atoms with Crippen molar-refractivity contribution in [3.05, 3.63) is 0 Å². The fourth-order valence-electron chi connectivity index (χ4n) is 1.16. The Hall–Kier alpha value is -0.850. The highest BCUT2D eigenvalue weighted by atomic mass is 16.5. The Balaban J connectivity index is 2.43. The molecule has 0 bridgehead atoms. The average molecular weight is 153 g/mol. The average Bonchev–Trinajstić information content (AvgIpc) is 2.50. The van der Waals surface area contributed by atoms with E-state index in [0.29, 0.717) is 13.0 Å². The van der Waals surface area contributed by atoms with Crippen LogP contribution < -0.4 is 5.73 Å². The summed E-state index contributed by atoms with van der Waals surface area (Å²) in [5, 5.41) is 0. The number of hydrogen-bond acceptors (Lipinski definition) is 3. The normalized spacial score (nSPS) is 29.8. The predicted molar refractivity (Wildman–Crippen MR) is 40.8 cm³/mol. The van der Waals surface area contributed by atoms with Crippen molar-refractivity contribution in [3.8, 4) is 12.3 Å². The molecule has 3 heteroatoms. The molecule has 1 heterocycles. The third-order valence-corrected chi connectivity index (χ3v) is 1.81.